The van der Waals surface area contributed by atoms with Crippen molar-refractivity contribution in [2.45, 2.75) is 19.3 Å². The molecule has 2 fully saturated rings. The average molecular weight is 169 g/mol. The van der Waals surface area contributed by atoms with Crippen LogP contribution in [0.4, 0.5) is 0 Å². The van der Waals surface area contributed by atoms with Crippen molar-refractivity contribution >= 4 is 5.91 Å². The van der Waals surface area contributed by atoms with Gasteiger partial charge in [0.15, 0.2) is 0 Å². The van der Waals surface area contributed by atoms with Gasteiger partial charge in [-0.25, -0.2) is 0 Å². The van der Waals surface area contributed by atoms with Gasteiger partial charge in [-0.3, -0.25) is 4.79 Å². The molecule has 2 heterocycles. The zero-order valence-corrected chi connectivity index (χ0v) is 7.29. The predicted octanol–water partition coefficient (Wildman–Crippen LogP) is 0.645. The van der Waals surface area contributed by atoms with Crippen molar-refractivity contribution in [2.75, 3.05) is 26.3 Å². The molecule has 0 radical (unpaired) electrons. The van der Waals surface area contributed by atoms with E-state index in [1.54, 1.807) is 0 Å². The molecule has 0 aromatic carbocycles. The third kappa shape index (κ3) is 1.61. The van der Waals surface area contributed by atoms with Crippen molar-refractivity contribution in [3.05, 3.63) is 0 Å². The van der Waals surface area contributed by atoms with Gasteiger partial charge in [-0.05, 0) is 12.8 Å². The highest BCUT2D eigenvalue weighted by Gasteiger charge is 2.25. The van der Waals surface area contributed by atoms with Crippen molar-refractivity contribution in [1.82, 2.24) is 4.90 Å². The first-order valence-corrected chi connectivity index (χ1v) is 4.72. The molecule has 12 heavy (non-hydrogen) atoms. The Morgan fingerprint density at radius 3 is 3.08 bits per heavy atom. The van der Waals surface area contributed by atoms with Crippen molar-refractivity contribution in [3.8, 4) is 0 Å². The van der Waals surface area contributed by atoms with Crippen LogP contribution in [0.2, 0.25) is 0 Å². The number of ether oxygens (including phenoxy) is 1. The number of likely N-dealkylation sites (tertiary alicyclic amines) is 1. The lowest BCUT2D eigenvalue weighted by Crippen LogP contribution is -2.30. The largest absolute Gasteiger partial charge is 0.381 e. The smallest absolute Gasteiger partial charge is 0.222 e. The van der Waals surface area contributed by atoms with E-state index < -0.39 is 0 Å². The highest BCUT2D eigenvalue weighted by Crippen LogP contribution is 2.17. The highest BCUT2D eigenvalue weighted by molar-refractivity contribution is 5.78. The van der Waals surface area contributed by atoms with Gasteiger partial charge in [0.1, 0.15) is 0 Å². The van der Waals surface area contributed by atoms with Crippen LogP contribution in [-0.4, -0.2) is 37.1 Å². The molecule has 0 aromatic heterocycles. The molecular weight excluding hydrogens is 154 g/mol. The minimum Gasteiger partial charge on any atom is -0.381 e. The molecule has 1 atom stereocenters. The van der Waals surface area contributed by atoms with Crippen LogP contribution < -0.4 is 0 Å². The highest BCUT2D eigenvalue weighted by atomic mass is 16.5. The lowest BCUT2D eigenvalue weighted by atomic mass is 10.1. The lowest BCUT2D eigenvalue weighted by molar-refractivity contribution is -0.128. The van der Waals surface area contributed by atoms with E-state index in [1.165, 1.54) is 0 Å². The summed E-state index contributed by atoms with van der Waals surface area (Å²) in [4.78, 5) is 13.2. The number of nitrogens with zero attached hydrogens (tertiary/aromatic N) is 1. The van der Waals surface area contributed by atoms with Crippen LogP contribution in [0.15, 0.2) is 0 Å². The van der Waals surface area contributed by atoms with Gasteiger partial charge in [0.2, 0.25) is 5.91 Å². The molecule has 0 aromatic rings. The van der Waals surface area contributed by atoms with Gasteiger partial charge in [0, 0.05) is 32.0 Å². The molecule has 0 saturated carbocycles. The van der Waals surface area contributed by atoms with E-state index in [0.29, 0.717) is 11.8 Å². The summed E-state index contributed by atoms with van der Waals surface area (Å²) >= 11 is 0. The first-order valence-electron chi connectivity index (χ1n) is 4.72. The van der Waals surface area contributed by atoms with Gasteiger partial charge in [-0.1, -0.05) is 0 Å². The van der Waals surface area contributed by atoms with Crippen LogP contribution >= 0.6 is 0 Å². The third-order valence-electron chi connectivity index (χ3n) is 2.67. The van der Waals surface area contributed by atoms with E-state index in [0.717, 1.165) is 45.6 Å². The molecule has 2 aliphatic rings. The van der Waals surface area contributed by atoms with Crippen molar-refractivity contribution < 1.29 is 9.53 Å². The molecule has 3 nitrogen and oxygen atoms in total. The van der Waals surface area contributed by atoms with Crippen molar-refractivity contribution in [2.24, 2.45) is 5.92 Å². The number of carbonyl (C=O) groups excluding carboxylic acids is 1. The van der Waals surface area contributed by atoms with E-state index in [4.69, 9.17) is 4.74 Å². The maximum Gasteiger partial charge on any atom is 0.222 e. The Morgan fingerprint density at radius 2 is 2.50 bits per heavy atom. The fourth-order valence-corrected chi connectivity index (χ4v) is 1.94. The summed E-state index contributed by atoms with van der Waals surface area (Å²) in [6, 6.07) is 0. The third-order valence-corrected chi connectivity index (χ3v) is 2.67. The summed E-state index contributed by atoms with van der Waals surface area (Å²) in [6.45, 7) is 3.63. The zero-order valence-electron chi connectivity index (χ0n) is 7.29. The average Bonchev–Trinajstić information content (AvgIpc) is 2.65. The fraction of sp³-hybridized carbons (Fsp3) is 0.889. The first kappa shape index (κ1) is 8.05. The molecule has 2 aliphatic heterocycles. The number of amides is 1. The quantitative estimate of drug-likeness (QED) is 0.607. The molecule has 0 spiro atoms. The number of hydrogen-bond donors (Lipinski definition) is 0. The van der Waals surface area contributed by atoms with Crippen LogP contribution in [0.25, 0.3) is 0 Å². The van der Waals surface area contributed by atoms with Crippen LogP contribution in [0, 0.1) is 5.92 Å². The van der Waals surface area contributed by atoms with E-state index in [2.05, 4.69) is 0 Å². The summed E-state index contributed by atoms with van der Waals surface area (Å²) in [5.74, 6) is 0.939. The summed E-state index contributed by atoms with van der Waals surface area (Å²) in [7, 11) is 0. The van der Waals surface area contributed by atoms with Gasteiger partial charge in [-0.2, -0.15) is 0 Å². The fourth-order valence-electron chi connectivity index (χ4n) is 1.94. The number of carbonyl (C=O) groups is 1. The second kappa shape index (κ2) is 3.44. The Kier molecular flexibility index (Phi) is 2.30. The second-order valence-electron chi connectivity index (χ2n) is 3.67. The summed E-state index contributed by atoms with van der Waals surface area (Å²) < 4.78 is 5.26. The molecule has 0 aliphatic carbocycles. The van der Waals surface area contributed by atoms with Crippen LogP contribution in [0.3, 0.4) is 0 Å². The van der Waals surface area contributed by atoms with Gasteiger partial charge < -0.3 is 9.64 Å². The van der Waals surface area contributed by atoms with Gasteiger partial charge in [-0.15, -0.1) is 0 Å². The molecule has 0 N–H and O–H groups in total. The second-order valence-corrected chi connectivity index (χ2v) is 3.67. The monoisotopic (exact) mass is 169 g/mol. The predicted molar refractivity (Wildman–Crippen MR) is 44.7 cm³/mol. The number of rotatable bonds is 2. The van der Waals surface area contributed by atoms with E-state index in [9.17, 15) is 4.79 Å². The molecule has 3 heteroatoms. The Hall–Kier alpha value is -0.570. The zero-order chi connectivity index (χ0) is 8.39. The van der Waals surface area contributed by atoms with Gasteiger partial charge >= 0.3 is 0 Å². The van der Waals surface area contributed by atoms with Crippen molar-refractivity contribution in [3.63, 3.8) is 0 Å². The normalized spacial score (nSPS) is 30.2. The Balaban J connectivity index is 1.81. The van der Waals surface area contributed by atoms with E-state index in [1.807, 2.05) is 4.90 Å². The SMILES string of the molecule is O=C1CCCN1C[C@@H]1CCOC1. The first-order chi connectivity index (χ1) is 5.86. The van der Waals surface area contributed by atoms with Crippen LogP contribution in [-0.2, 0) is 9.53 Å². The summed E-state index contributed by atoms with van der Waals surface area (Å²) in [6.07, 6.45) is 2.93. The van der Waals surface area contributed by atoms with Gasteiger partial charge in [0.05, 0.1) is 6.61 Å². The lowest BCUT2D eigenvalue weighted by Gasteiger charge is -2.18. The van der Waals surface area contributed by atoms with E-state index >= 15 is 0 Å². The molecular formula is C9H15NO2. The molecule has 0 unspecified atom stereocenters. The molecule has 0 bridgehead atoms. The molecule has 68 valence electrons. The van der Waals surface area contributed by atoms with Crippen LogP contribution in [0.5, 0.6) is 0 Å². The Labute approximate surface area is 72.7 Å². The molecule has 1 amide bonds. The summed E-state index contributed by atoms with van der Waals surface area (Å²) in [5.41, 5.74) is 0. The van der Waals surface area contributed by atoms with E-state index in [-0.39, 0.29) is 0 Å². The van der Waals surface area contributed by atoms with Gasteiger partial charge in [0.25, 0.3) is 0 Å². The minimum atomic E-state index is 0.335. The van der Waals surface area contributed by atoms with Crippen molar-refractivity contribution in [1.29, 1.82) is 0 Å². The maximum absolute atomic E-state index is 11.2. The topological polar surface area (TPSA) is 29.5 Å². The minimum absolute atomic E-state index is 0.335. The standard InChI is InChI=1S/C9H15NO2/c11-9-2-1-4-10(9)6-8-3-5-12-7-8/h8H,1-7H2/t8-/m0/s1. The number of hydrogen-bond acceptors (Lipinski definition) is 2. The Bertz CT molecular complexity index is 175. The molecule has 2 saturated heterocycles. The summed E-state index contributed by atoms with van der Waals surface area (Å²) in [5, 5.41) is 0. The van der Waals surface area contributed by atoms with Crippen LogP contribution in [0.1, 0.15) is 19.3 Å². The molecule has 2 rings (SSSR count). The maximum atomic E-state index is 11.2. The Morgan fingerprint density at radius 1 is 1.58 bits per heavy atom.